The third kappa shape index (κ3) is 15.3. The lowest BCUT2D eigenvalue weighted by Gasteiger charge is -2.18. The van der Waals surface area contributed by atoms with E-state index in [0.717, 1.165) is 122 Å². The SMILES string of the molecule is CCCCCCCCOC(=O)c1cc(Nc2ccc(-c3ccc(-c4ccc(C(F)(F)F)cc4)cc3)cc2)c(C(=O)OCCCCCCCC)cc1Nc1ccc(-c2ccc(-c3ccc(C(F)(F)F)cc3)cc2)cc1. The van der Waals surface area contributed by atoms with Gasteiger partial charge in [0.25, 0.3) is 0 Å². The van der Waals surface area contributed by atoms with Crippen LogP contribution in [0.5, 0.6) is 0 Å². The van der Waals surface area contributed by atoms with Gasteiger partial charge in [-0.1, -0.05) is 175 Å². The highest BCUT2D eigenvalue weighted by Crippen LogP contribution is 2.36. The van der Waals surface area contributed by atoms with Crippen molar-refractivity contribution in [2.45, 2.75) is 103 Å². The van der Waals surface area contributed by atoms with Crippen molar-refractivity contribution < 1.29 is 45.4 Å². The minimum atomic E-state index is -4.41. The number of halogens is 6. The van der Waals surface area contributed by atoms with Gasteiger partial charge in [0.2, 0.25) is 0 Å². The molecule has 7 aromatic carbocycles. The Morgan fingerprint density at radius 1 is 0.365 bits per heavy atom. The first-order valence-electron chi connectivity index (χ1n) is 25.5. The van der Waals surface area contributed by atoms with Crippen molar-refractivity contribution in [1.29, 1.82) is 0 Å². The summed E-state index contributed by atoms with van der Waals surface area (Å²) >= 11 is 0. The second-order valence-electron chi connectivity index (χ2n) is 18.5. The summed E-state index contributed by atoms with van der Waals surface area (Å²) in [6, 6.07) is 43.5. The van der Waals surface area contributed by atoms with Crippen LogP contribution in [0.25, 0.3) is 44.5 Å². The lowest BCUT2D eigenvalue weighted by Crippen LogP contribution is -2.14. The molecular weight excluding hydrogens is 951 g/mol. The van der Waals surface area contributed by atoms with Gasteiger partial charge < -0.3 is 20.1 Å². The highest BCUT2D eigenvalue weighted by molar-refractivity contribution is 6.04. The zero-order valence-electron chi connectivity index (χ0n) is 41.8. The van der Waals surface area contributed by atoms with E-state index in [1.165, 1.54) is 24.3 Å². The Morgan fingerprint density at radius 2 is 0.608 bits per heavy atom. The number of esters is 2. The highest BCUT2D eigenvalue weighted by Gasteiger charge is 2.31. The maximum atomic E-state index is 14.1. The summed E-state index contributed by atoms with van der Waals surface area (Å²) in [4.78, 5) is 28.2. The Bertz CT molecular complexity index is 2680. The third-order valence-corrected chi connectivity index (χ3v) is 12.9. The Balaban J connectivity index is 1.14. The van der Waals surface area contributed by atoms with E-state index in [9.17, 15) is 35.9 Å². The molecule has 7 aromatic rings. The molecule has 74 heavy (non-hydrogen) atoms. The molecule has 6 nitrogen and oxygen atoms in total. The topological polar surface area (TPSA) is 76.7 Å². The van der Waals surface area contributed by atoms with E-state index in [1.807, 2.05) is 97.1 Å². The molecule has 7 rings (SSSR count). The fourth-order valence-corrected chi connectivity index (χ4v) is 8.61. The monoisotopic (exact) mass is 1010 g/mol. The molecule has 386 valence electrons. The molecule has 12 heteroatoms. The zero-order valence-corrected chi connectivity index (χ0v) is 41.8. The number of nitrogens with one attached hydrogen (secondary N) is 2. The first-order chi connectivity index (χ1) is 35.7. The normalized spacial score (nSPS) is 11.6. The van der Waals surface area contributed by atoms with E-state index in [0.29, 0.717) is 46.7 Å². The van der Waals surface area contributed by atoms with Crippen LogP contribution >= 0.6 is 0 Å². The number of carbonyl (C=O) groups is 2. The Kier molecular flexibility index (Phi) is 19.2. The smallest absolute Gasteiger partial charge is 0.416 e. The molecule has 0 radical (unpaired) electrons. The van der Waals surface area contributed by atoms with Crippen molar-refractivity contribution in [3.05, 3.63) is 180 Å². The maximum Gasteiger partial charge on any atom is 0.416 e. The van der Waals surface area contributed by atoms with Gasteiger partial charge in [0.1, 0.15) is 0 Å². The molecule has 0 unspecified atom stereocenters. The maximum absolute atomic E-state index is 14.1. The molecule has 0 amide bonds. The molecule has 0 bridgehead atoms. The van der Waals surface area contributed by atoms with Crippen LogP contribution in [0, 0.1) is 0 Å². The summed E-state index contributed by atoms with van der Waals surface area (Å²) in [7, 11) is 0. The fourth-order valence-electron chi connectivity index (χ4n) is 8.61. The van der Waals surface area contributed by atoms with Gasteiger partial charge >= 0.3 is 24.3 Å². The number of rotatable bonds is 24. The van der Waals surface area contributed by atoms with Crippen LogP contribution in [0.4, 0.5) is 49.1 Å². The van der Waals surface area contributed by atoms with E-state index in [2.05, 4.69) is 24.5 Å². The van der Waals surface area contributed by atoms with Gasteiger partial charge in [0, 0.05) is 11.4 Å². The van der Waals surface area contributed by atoms with Crippen molar-refractivity contribution in [2.24, 2.45) is 0 Å². The van der Waals surface area contributed by atoms with Gasteiger partial charge in [-0.05, 0) is 118 Å². The lowest BCUT2D eigenvalue weighted by molar-refractivity contribution is -0.138. The molecule has 2 N–H and O–H groups in total. The van der Waals surface area contributed by atoms with E-state index in [1.54, 1.807) is 12.1 Å². The Hall–Kier alpha value is -7.34. The summed E-state index contributed by atoms with van der Waals surface area (Å²) < 4.78 is 90.6. The van der Waals surface area contributed by atoms with Crippen molar-refractivity contribution in [1.82, 2.24) is 0 Å². The minimum Gasteiger partial charge on any atom is -0.462 e. The summed E-state index contributed by atoms with van der Waals surface area (Å²) in [6.07, 6.45) is 3.36. The van der Waals surface area contributed by atoms with Crippen LogP contribution in [0.2, 0.25) is 0 Å². The van der Waals surface area contributed by atoms with E-state index < -0.39 is 35.4 Å². The number of hydrogen-bond donors (Lipinski definition) is 2. The Morgan fingerprint density at radius 3 is 0.878 bits per heavy atom. The number of carbonyl (C=O) groups excluding carboxylic acids is 2. The number of unbranched alkanes of at least 4 members (excludes halogenated alkanes) is 10. The molecule has 0 aliphatic heterocycles. The number of hydrogen-bond acceptors (Lipinski definition) is 6. The molecule has 0 aliphatic carbocycles. The van der Waals surface area contributed by atoms with Crippen LogP contribution in [0.3, 0.4) is 0 Å². The van der Waals surface area contributed by atoms with E-state index in [-0.39, 0.29) is 24.3 Å². The highest BCUT2D eigenvalue weighted by atomic mass is 19.4. The first kappa shape index (κ1) is 54.4. The van der Waals surface area contributed by atoms with Gasteiger partial charge in [-0.25, -0.2) is 9.59 Å². The van der Waals surface area contributed by atoms with E-state index in [4.69, 9.17) is 9.47 Å². The molecule has 0 heterocycles. The zero-order chi connectivity index (χ0) is 52.5. The van der Waals surface area contributed by atoms with E-state index >= 15 is 0 Å². The van der Waals surface area contributed by atoms with Gasteiger partial charge in [0.15, 0.2) is 0 Å². The molecule has 0 saturated heterocycles. The number of alkyl halides is 6. The largest absolute Gasteiger partial charge is 0.462 e. The van der Waals surface area contributed by atoms with Crippen molar-refractivity contribution in [3.8, 4) is 44.5 Å². The van der Waals surface area contributed by atoms with Gasteiger partial charge in [0.05, 0.1) is 46.8 Å². The van der Waals surface area contributed by atoms with Crippen LogP contribution in [-0.2, 0) is 21.8 Å². The molecule has 0 aliphatic rings. The molecule has 0 aromatic heterocycles. The van der Waals surface area contributed by atoms with Crippen LogP contribution in [-0.4, -0.2) is 25.2 Å². The second kappa shape index (κ2) is 26.0. The number of benzene rings is 7. The number of ether oxygens (including phenoxy) is 2. The average molecular weight is 1010 g/mol. The minimum absolute atomic E-state index is 0.207. The molecule has 0 fully saturated rings. The lowest BCUT2D eigenvalue weighted by atomic mass is 9.99. The van der Waals surface area contributed by atoms with Gasteiger partial charge in [-0.3, -0.25) is 0 Å². The van der Waals surface area contributed by atoms with Gasteiger partial charge in [-0.15, -0.1) is 0 Å². The molecule has 0 atom stereocenters. The van der Waals surface area contributed by atoms with Crippen LogP contribution < -0.4 is 10.6 Å². The third-order valence-electron chi connectivity index (χ3n) is 12.9. The average Bonchev–Trinajstić information content (AvgIpc) is 3.40. The number of anilines is 4. The van der Waals surface area contributed by atoms with Crippen LogP contribution in [0.15, 0.2) is 158 Å². The second-order valence-corrected chi connectivity index (χ2v) is 18.5. The van der Waals surface area contributed by atoms with Crippen LogP contribution in [0.1, 0.15) is 123 Å². The molecule has 0 spiro atoms. The summed E-state index contributed by atoms with van der Waals surface area (Å²) in [5.41, 5.74) is 7.39. The Labute approximate surface area is 430 Å². The van der Waals surface area contributed by atoms with Crippen molar-refractivity contribution >= 4 is 34.7 Å². The standard InChI is InChI=1S/C62H62F6N2O4/c1-3-5-7-9-11-13-39-73-59(71)55-41-58(70-54-37-29-50(30-38-54)46-21-17-44(18-22-46)48-25-33-52(34-26-48)62(66,67)68)56(60(72)74-40-14-12-10-8-6-4-2)42-57(55)69-53-35-27-49(28-36-53)45-19-15-43(16-20-45)47-23-31-51(32-24-47)61(63,64)65/h15-38,41-42,69-70H,3-14,39-40H2,1-2H3. The molecule has 0 saturated carbocycles. The predicted octanol–water partition coefficient (Wildman–Crippen LogP) is 18.9. The summed E-state index contributed by atoms with van der Waals surface area (Å²) in [5.74, 6) is -1.12. The molecular formula is C62H62F6N2O4. The van der Waals surface area contributed by atoms with Crippen molar-refractivity contribution in [3.63, 3.8) is 0 Å². The fraction of sp³-hybridized carbons (Fsp3) is 0.290. The van der Waals surface area contributed by atoms with Crippen molar-refractivity contribution in [2.75, 3.05) is 23.8 Å². The summed E-state index contributed by atoms with van der Waals surface area (Å²) in [5, 5.41) is 6.74. The van der Waals surface area contributed by atoms with Gasteiger partial charge in [-0.2, -0.15) is 26.3 Å². The quantitative estimate of drug-likeness (QED) is 0.0357. The summed E-state index contributed by atoms with van der Waals surface area (Å²) in [6.45, 7) is 4.78. The first-order valence-corrected chi connectivity index (χ1v) is 25.5. The predicted molar refractivity (Wildman–Crippen MR) is 285 cm³/mol.